The molecule has 1 aromatic heterocycles. The van der Waals surface area contributed by atoms with Crippen LogP contribution in [0.25, 0.3) is 5.69 Å². The SMILES string of the molecule is Nc1c2c(cc(=O)n1-c1ccc(OC(F)F)cc1I)C(=O)NC2=O. The van der Waals surface area contributed by atoms with Gasteiger partial charge in [0.1, 0.15) is 11.6 Å². The van der Waals surface area contributed by atoms with Crippen LogP contribution in [0.15, 0.2) is 29.1 Å². The van der Waals surface area contributed by atoms with E-state index in [9.17, 15) is 23.2 Å². The van der Waals surface area contributed by atoms with E-state index in [0.29, 0.717) is 3.57 Å². The van der Waals surface area contributed by atoms with Crippen molar-refractivity contribution in [2.24, 2.45) is 0 Å². The van der Waals surface area contributed by atoms with Gasteiger partial charge in [-0.05, 0) is 40.8 Å². The Labute approximate surface area is 146 Å². The summed E-state index contributed by atoms with van der Waals surface area (Å²) in [5.41, 5.74) is 5.36. The number of anilines is 1. The second kappa shape index (κ2) is 5.85. The molecule has 2 heterocycles. The van der Waals surface area contributed by atoms with E-state index >= 15 is 0 Å². The summed E-state index contributed by atoms with van der Waals surface area (Å²) in [6.07, 6.45) is 0. The van der Waals surface area contributed by atoms with Crippen LogP contribution in [-0.2, 0) is 0 Å². The van der Waals surface area contributed by atoms with E-state index in [4.69, 9.17) is 5.73 Å². The number of pyridine rings is 1. The lowest BCUT2D eigenvalue weighted by Crippen LogP contribution is -2.24. The molecule has 10 heteroatoms. The van der Waals surface area contributed by atoms with Crippen LogP contribution < -0.4 is 21.3 Å². The van der Waals surface area contributed by atoms with Crippen LogP contribution >= 0.6 is 22.6 Å². The first-order valence-corrected chi connectivity index (χ1v) is 7.53. The monoisotopic (exact) mass is 447 g/mol. The van der Waals surface area contributed by atoms with Gasteiger partial charge in [0.25, 0.3) is 17.4 Å². The molecule has 3 N–H and O–H groups in total. The molecule has 0 atom stereocenters. The average Bonchev–Trinajstić information content (AvgIpc) is 2.75. The zero-order chi connectivity index (χ0) is 17.6. The lowest BCUT2D eigenvalue weighted by molar-refractivity contribution is -0.0498. The maximum absolute atomic E-state index is 12.3. The fourth-order valence-corrected chi connectivity index (χ4v) is 3.10. The van der Waals surface area contributed by atoms with Crippen molar-refractivity contribution in [1.29, 1.82) is 0 Å². The van der Waals surface area contributed by atoms with Crippen LogP contribution in [0.5, 0.6) is 5.75 Å². The Balaban J connectivity index is 2.18. The first-order chi connectivity index (χ1) is 11.3. The number of nitrogens with two attached hydrogens (primary N) is 1. The molecule has 0 bridgehead atoms. The number of nitrogen functional groups attached to an aromatic ring is 1. The van der Waals surface area contributed by atoms with Gasteiger partial charge in [0.2, 0.25) is 0 Å². The van der Waals surface area contributed by atoms with E-state index in [-0.39, 0.29) is 28.4 Å². The van der Waals surface area contributed by atoms with Gasteiger partial charge in [0, 0.05) is 9.64 Å². The molecule has 7 nitrogen and oxygen atoms in total. The molecule has 2 aromatic rings. The summed E-state index contributed by atoms with van der Waals surface area (Å²) in [5.74, 6) is -1.68. The van der Waals surface area contributed by atoms with E-state index in [1.807, 2.05) is 22.6 Å². The number of carbonyl (C=O) groups is 2. The number of carbonyl (C=O) groups excluding carboxylic acids is 2. The number of imide groups is 1. The highest BCUT2D eigenvalue weighted by atomic mass is 127. The number of nitrogens with one attached hydrogen (secondary N) is 1. The molecule has 1 aliphatic heterocycles. The Morgan fingerprint density at radius 3 is 2.50 bits per heavy atom. The molecule has 1 aliphatic rings. The maximum Gasteiger partial charge on any atom is 0.387 e. The minimum absolute atomic E-state index is 0.0844. The van der Waals surface area contributed by atoms with Crippen LogP contribution in [-0.4, -0.2) is 23.0 Å². The smallest absolute Gasteiger partial charge is 0.387 e. The minimum Gasteiger partial charge on any atom is -0.435 e. The van der Waals surface area contributed by atoms with E-state index in [0.717, 1.165) is 10.6 Å². The Hall–Kier alpha value is -2.50. The van der Waals surface area contributed by atoms with Gasteiger partial charge in [0.05, 0.1) is 16.8 Å². The van der Waals surface area contributed by atoms with Crippen LogP contribution in [0.1, 0.15) is 20.7 Å². The Bertz CT molecular complexity index is 942. The van der Waals surface area contributed by atoms with Crippen molar-refractivity contribution in [1.82, 2.24) is 9.88 Å². The molecule has 0 unspecified atom stereocenters. The zero-order valence-corrected chi connectivity index (χ0v) is 13.8. The number of amides is 2. The fraction of sp³-hybridized carbons (Fsp3) is 0.0714. The number of fused-ring (bicyclic) bond motifs is 1. The van der Waals surface area contributed by atoms with Gasteiger partial charge in [0.15, 0.2) is 0 Å². The predicted molar refractivity (Wildman–Crippen MR) is 87.6 cm³/mol. The number of rotatable bonds is 3. The molecule has 0 radical (unpaired) electrons. The van der Waals surface area contributed by atoms with E-state index < -0.39 is 24.0 Å². The van der Waals surface area contributed by atoms with Gasteiger partial charge in [-0.25, -0.2) is 0 Å². The lowest BCUT2D eigenvalue weighted by Gasteiger charge is -2.14. The standard InChI is InChI=1S/C14H8F2IN3O4/c15-14(16)24-5-1-2-8(7(17)3-5)20-9(21)4-6-10(11(20)18)13(23)19-12(6)22/h1-4,14H,18H2,(H,19,22,23). The number of ether oxygens (including phenoxy) is 1. The maximum atomic E-state index is 12.3. The van der Waals surface area contributed by atoms with Gasteiger partial charge in [-0.2, -0.15) is 8.78 Å². The number of hydrogen-bond donors (Lipinski definition) is 2. The van der Waals surface area contributed by atoms with Crippen molar-refractivity contribution in [3.05, 3.63) is 49.3 Å². The Kier molecular flexibility index (Phi) is 3.99. The molecule has 0 saturated heterocycles. The van der Waals surface area contributed by atoms with E-state index in [1.165, 1.54) is 18.2 Å². The predicted octanol–water partition coefficient (Wildman–Crippen LogP) is 1.51. The van der Waals surface area contributed by atoms with Gasteiger partial charge >= 0.3 is 6.61 Å². The van der Waals surface area contributed by atoms with Crippen molar-refractivity contribution in [2.45, 2.75) is 6.61 Å². The molecule has 3 rings (SSSR count). The van der Waals surface area contributed by atoms with Gasteiger partial charge < -0.3 is 10.5 Å². The van der Waals surface area contributed by atoms with Crippen molar-refractivity contribution in [3.63, 3.8) is 0 Å². The summed E-state index contributed by atoms with van der Waals surface area (Å²) in [6.45, 7) is -2.98. The van der Waals surface area contributed by atoms with Crippen LogP contribution in [0.4, 0.5) is 14.6 Å². The summed E-state index contributed by atoms with van der Waals surface area (Å²) in [4.78, 5) is 35.7. The number of hydrogen-bond acceptors (Lipinski definition) is 5. The number of alkyl halides is 2. The first-order valence-electron chi connectivity index (χ1n) is 6.45. The minimum atomic E-state index is -2.98. The van der Waals surface area contributed by atoms with Crippen molar-refractivity contribution < 1.29 is 23.1 Å². The summed E-state index contributed by atoms with van der Waals surface area (Å²) in [6, 6.07) is 4.91. The second-order valence-corrected chi connectivity index (χ2v) is 5.93. The van der Waals surface area contributed by atoms with Crippen molar-refractivity contribution in [3.8, 4) is 11.4 Å². The molecule has 0 aliphatic carbocycles. The normalized spacial score (nSPS) is 13.2. The molecule has 124 valence electrons. The number of halogens is 3. The summed E-state index contributed by atoms with van der Waals surface area (Å²) >= 11 is 1.82. The van der Waals surface area contributed by atoms with E-state index in [2.05, 4.69) is 10.1 Å². The number of benzene rings is 1. The summed E-state index contributed by atoms with van der Waals surface area (Å²) in [5, 5.41) is 2.06. The molecule has 1 aromatic carbocycles. The second-order valence-electron chi connectivity index (χ2n) is 4.77. The molecular weight excluding hydrogens is 439 g/mol. The largest absolute Gasteiger partial charge is 0.435 e. The van der Waals surface area contributed by atoms with Crippen LogP contribution in [0.2, 0.25) is 0 Å². The first kappa shape index (κ1) is 16.4. The van der Waals surface area contributed by atoms with Crippen molar-refractivity contribution in [2.75, 3.05) is 5.73 Å². The van der Waals surface area contributed by atoms with E-state index in [1.54, 1.807) is 0 Å². The third-order valence-electron chi connectivity index (χ3n) is 3.34. The topological polar surface area (TPSA) is 103 Å². The quantitative estimate of drug-likeness (QED) is 0.549. The highest BCUT2D eigenvalue weighted by Crippen LogP contribution is 2.27. The molecule has 2 amide bonds. The van der Waals surface area contributed by atoms with Crippen molar-refractivity contribution >= 4 is 40.2 Å². The fourth-order valence-electron chi connectivity index (χ4n) is 2.37. The number of nitrogens with zero attached hydrogens (tertiary/aromatic N) is 1. The van der Waals surface area contributed by atoms with Crippen LogP contribution in [0.3, 0.4) is 0 Å². The number of aromatic nitrogens is 1. The third kappa shape index (κ3) is 2.62. The Morgan fingerprint density at radius 1 is 1.17 bits per heavy atom. The highest BCUT2D eigenvalue weighted by Gasteiger charge is 2.32. The van der Waals surface area contributed by atoms with Gasteiger partial charge in [-0.1, -0.05) is 0 Å². The van der Waals surface area contributed by atoms with Crippen LogP contribution in [0, 0.1) is 3.57 Å². The lowest BCUT2D eigenvalue weighted by atomic mass is 10.1. The third-order valence-corrected chi connectivity index (χ3v) is 4.20. The molecule has 24 heavy (non-hydrogen) atoms. The molecule has 0 saturated carbocycles. The summed E-state index contributed by atoms with van der Waals surface area (Å²) < 4.78 is 30.2. The highest BCUT2D eigenvalue weighted by molar-refractivity contribution is 14.1. The molecule has 0 spiro atoms. The molecular formula is C14H8F2IN3O4. The summed E-state index contributed by atoms with van der Waals surface area (Å²) in [7, 11) is 0. The molecule has 0 fully saturated rings. The average molecular weight is 447 g/mol. The van der Waals surface area contributed by atoms with Gasteiger partial charge in [-0.3, -0.25) is 24.3 Å². The zero-order valence-electron chi connectivity index (χ0n) is 11.7. The Morgan fingerprint density at radius 2 is 1.88 bits per heavy atom. The van der Waals surface area contributed by atoms with Gasteiger partial charge in [-0.15, -0.1) is 0 Å².